The van der Waals surface area contributed by atoms with E-state index in [-0.39, 0.29) is 5.41 Å². The molecule has 0 bridgehead atoms. The second-order valence-electron chi connectivity index (χ2n) is 7.39. The molecule has 2 aromatic rings. The summed E-state index contributed by atoms with van der Waals surface area (Å²) in [4.78, 5) is 4.45. The molecule has 2 aliphatic rings. The normalized spacial score (nSPS) is 20.7. The van der Waals surface area contributed by atoms with Crippen molar-refractivity contribution in [3.8, 4) is 6.07 Å². The molecule has 1 N–H and O–H groups in total. The van der Waals surface area contributed by atoms with Crippen LogP contribution in [0.15, 0.2) is 6.20 Å². The van der Waals surface area contributed by atoms with Crippen molar-refractivity contribution in [2.75, 3.05) is 18.4 Å². The van der Waals surface area contributed by atoms with Gasteiger partial charge in [-0.3, -0.25) is 4.31 Å². The molecule has 0 radical (unpaired) electrons. The summed E-state index contributed by atoms with van der Waals surface area (Å²) in [5.41, 5.74) is 2.24. The van der Waals surface area contributed by atoms with Crippen LogP contribution >= 0.6 is 24.4 Å². The molecule has 6 nitrogen and oxygen atoms in total. The number of anilines is 1. The van der Waals surface area contributed by atoms with E-state index in [1.807, 2.05) is 8.82 Å². The van der Waals surface area contributed by atoms with Crippen LogP contribution in [0.2, 0.25) is 5.02 Å². The van der Waals surface area contributed by atoms with E-state index in [4.69, 9.17) is 16.7 Å². The summed E-state index contributed by atoms with van der Waals surface area (Å²) in [7, 11) is 0. The number of nitrogens with zero attached hydrogens (tertiary/aromatic N) is 5. The number of thiol groups is 1. The molecule has 0 amide bonds. The monoisotopic (exact) mass is 390 g/mol. The Labute approximate surface area is 164 Å². The molecule has 8 heteroatoms. The standard InChI is InChI=1S/C18H23ClN6S/c1-2-18(6-3-7-18)16-13(10-20)15(19)14-11-21-17(23-25(14)16)22-12-4-8-24(26)9-5-12/h11-12,26H,2-9H2,1H3,(H,22,23). The average Bonchev–Trinajstić information content (AvgIpc) is 2.89. The van der Waals surface area contributed by atoms with Gasteiger partial charge in [0.1, 0.15) is 11.6 Å². The van der Waals surface area contributed by atoms with Gasteiger partial charge >= 0.3 is 0 Å². The number of hydrogen-bond donors (Lipinski definition) is 2. The fourth-order valence-electron chi connectivity index (χ4n) is 4.22. The highest BCUT2D eigenvalue weighted by Crippen LogP contribution is 2.49. The van der Waals surface area contributed by atoms with Crippen LogP contribution in [0.4, 0.5) is 5.95 Å². The Bertz CT molecular complexity index is 855. The number of halogens is 1. The third-order valence-electron chi connectivity index (χ3n) is 6.03. The molecule has 2 fully saturated rings. The SMILES string of the molecule is CCC1(c2c(C#N)c(Cl)c3cnc(NC4CCN(S)CC4)nn23)CCC1. The van der Waals surface area contributed by atoms with Crippen molar-refractivity contribution in [1.82, 2.24) is 18.9 Å². The van der Waals surface area contributed by atoms with Crippen LogP contribution in [0.5, 0.6) is 0 Å². The third kappa shape index (κ3) is 2.84. The molecule has 3 heterocycles. The number of fused-ring (bicyclic) bond motifs is 1. The van der Waals surface area contributed by atoms with Gasteiger partial charge in [-0.2, -0.15) is 5.26 Å². The van der Waals surface area contributed by atoms with E-state index in [1.54, 1.807) is 6.20 Å². The van der Waals surface area contributed by atoms with Gasteiger partial charge in [0.05, 0.1) is 22.5 Å². The lowest BCUT2D eigenvalue weighted by Gasteiger charge is -2.41. The van der Waals surface area contributed by atoms with Crippen molar-refractivity contribution >= 4 is 35.9 Å². The molecule has 0 spiro atoms. The van der Waals surface area contributed by atoms with Crippen LogP contribution in [0.3, 0.4) is 0 Å². The van der Waals surface area contributed by atoms with Crippen LogP contribution in [0, 0.1) is 11.3 Å². The summed E-state index contributed by atoms with van der Waals surface area (Å²) in [5, 5.41) is 18.4. The van der Waals surface area contributed by atoms with Gasteiger partial charge in [0.25, 0.3) is 0 Å². The molecule has 26 heavy (non-hydrogen) atoms. The maximum Gasteiger partial charge on any atom is 0.241 e. The second-order valence-corrected chi connectivity index (χ2v) is 8.33. The molecular weight excluding hydrogens is 368 g/mol. The minimum absolute atomic E-state index is 0.00408. The fourth-order valence-corrected chi connectivity index (χ4v) is 4.71. The van der Waals surface area contributed by atoms with E-state index in [9.17, 15) is 5.26 Å². The molecule has 0 unspecified atom stereocenters. The van der Waals surface area contributed by atoms with E-state index < -0.39 is 0 Å². The highest BCUT2D eigenvalue weighted by molar-refractivity contribution is 7.77. The predicted molar refractivity (Wildman–Crippen MR) is 106 cm³/mol. The molecule has 138 valence electrons. The molecule has 2 aromatic heterocycles. The fraction of sp³-hybridized carbons (Fsp3) is 0.611. The number of piperidine rings is 1. The number of rotatable bonds is 4. The van der Waals surface area contributed by atoms with Crippen molar-refractivity contribution in [2.45, 2.75) is 56.9 Å². The van der Waals surface area contributed by atoms with Crippen LogP contribution in [0.1, 0.15) is 56.7 Å². The van der Waals surface area contributed by atoms with Crippen LogP contribution in [0.25, 0.3) is 5.52 Å². The second kappa shape index (κ2) is 6.91. The molecule has 0 atom stereocenters. The van der Waals surface area contributed by atoms with Crippen molar-refractivity contribution in [2.24, 2.45) is 0 Å². The van der Waals surface area contributed by atoms with Gasteiger partial charge < -0.3 is 5.32 Å². The van der Waals surface area contributed by atoms with Gasteiger partial charge in [0.2, 0.25) is 5.95 Å². The number of nitrogens with one attached hydrogen (secondary N) is 1. The van der Waals surface area contributed by atoms with Crippen LogP contribution < -0.4 is 5.32 Å². The summed E-state index contributed by atoms with van der Waals surface area (Å²) in [5.74, 6) is 0.595. The maximum absolute atomic E-state index is 9.71. The van der Waals surface area contributed by atoms with Gasteiger partial charge in [-0.1, -0.05) is 37.8 Å². The molecule has 1 aliphatic heterocycles. The van der Waals surface area contributed by atoms with Crippen molar-refractivity contribution in [3.05, 3.63) is 22.5 Å². The number of hydrogen-bond acceptors (Lipinski definition) is 6. The first-order chi connectivity index (χ1) is 12.6. The zero-order valence-corrected chi connectivity index (χ0v) is 16.5. The Hall–Kier alpha value is -1.49. The zero-order valence-electron chi connectivity index (χ0n) is 14.9. The smallest absolute Gasteiger partial charge is 0.241 e. The lowest BCUT2D eigenvalue weighted by Crippen LogP contribution is -2.36. The predicted octanol–water partition coefficient (Wildman–Crippen LogP) is 3.81. The molecule has 1 saturated carbocycles. The van der Waals surface area contributed by atoms with Gasteiger partial charge in [-0.15, -0.1) is 5.10 Å². The van der Waals surface area contributed by atoms with Crippen molar-refractivity contribution in [1.29, 1.82) is 5.26 Å². The van der Waals surface area contributed by atoms with E-state index in [1.165, 1.54) is 6.42 Å². The molecule has 1 saturated heterocycles. The number of aromatic nitrogens is 3. The van der Waals surface area contributed by atoms with Gasteiger partial charge in [0, 0.05) is 24.5 Å². The zero-order chi connectivity index (χ0) is 18.3. The van der Waals surface area contributed by atoms with Crippen LogP contribution in [-0.4, -0.2) is 38.0 Å². The Kier molecular flexibility index (Phi) is 4.76. The van der Waals surface area contributed by atoms with Gasteiger partial charge in [0.15, 0.2) is 0 Å². The van der Waals surface area contributed by atoms with Gasteiger partial charge in [-0.25, -0.2) is 9.50 Å². The lowest BCUT2D eigenvalue weighted by molar-refractivity contribution is 0.224. The molecule has 4 rings (SSSR count). The quantitative estimate of drug-likeness (QED) is 0.777. The summed E-state index contributed by atoms with van der Waals surface area (Å²) in [6.07, 6.45) is 8.07. The summed E-state index contributed by atoms with van der Waals surface area (Å²) in [6, 6.07) is 2.65. The maximum atomic E-state index is 9.71. The van der Waals surface area contributed by atoms with E-state index in [2.05, 4.69) is 36.1 Å². The van der Waals surface area contributed by atoms with E-state index in [0.29, 0.717) is 28.1 Å². The molecule has 0 aromatic carbocycles. The highest BCUT2D eigenvalue weighted by Gasteiger charge is 2.42. The lowest BCUT2D eigenvalue weighted by atomic mass is 9.64. The van der Waals surface area contributed by atoms with E-state index >= 15 is 0 Å². The van der Waals surface area contributed by atoms with Gasteiger partial charge in [-0.05, 0) is 32.1 Å². The Morgan fingerprint density at radius 1 is 1.42 bits per heavy atom. The van der Waals surface area contributed by atoms with E-state index in [0.717, 1.165) is 50.9 Å². The van der Waals surface area contributed by atoms with Crippen molar-refractivity contribution < 1.29 is 0 Å². The first-order valence-corrected chi connectivity index (χ1v) is 10.0. The summed E-state index contributed by atoms with van der Waals surface area (Å²) >= 11 is 10.9. The van der Waals surface area contributed by atoms with Crippen LogP contribution in [-0.2, 0) is 5.41 Å². The number of nitriles is 1. The minimum atomic E-state index is 0.00408. The topological polar surface area (TPSA) is 69.2 Å². The Morgan fingerprint density at radius 2 is 2.15 bits per heavy atom. The summed E-state index contributed by atoms with van der Waals surface area (Å²) in [6.45, 7) is 4.07. The highest BCUT2D eigenvalue weighted by atomic mass is 35.5. The first-order valence-electron chi connectivity index (χ1n) is 9.26. The molecular formula is C18H23ClN6S. The minimum Gasteiger partial charge on any atom is -0.350 e. The summed E-state index contributed by atoms with van der Waals surface area (Å²) < 4.78 is 3.90. The first kappa shape index (κ1) is 17.9. The Balaban J connectivity index is 1.74. The van der Waals surface area contributed by atoms with Crippen molar-refractivity contribution in [3.63, 3.8) is 0 Å². The largest absolute Gasteiger partial charge is 0.350 e. The average molecular weight is 391 g/mol. The molecule has 1 aliphatic carbocycles. The Morgan fingerprint density at radius 3 is 2.73 bits per heavy atom. The third-order valence-corrected chi connectivity index (χ3v) is 6.81.